The highest BCUT2D eigenvalue weighted by atomic mass is 32.1. The minimum atomic E-state index is -0.371. The predicted molar refractivity (Wildman–Crippen MR) is 98.4 cm³/mol. The number of thiazole rings is 1. The summed E-state index contributed by atoms with van der Waals surface area (Å²) in [6.45, 7) is 5.47. The third-order valence-corrected chi connectivity index (χ3v) is 4.93. The number of aryl methyl sites for hydroxylation is 1. The fourth-order valence-electron chi connectivity index (χ4n) is 2.78. The maximum Gasteiger partial charge on any atom is 0.332 e. The number of guanidine groups is 1. The van der Waals surface area contributed by atoms with Crippen molar-refractivity contribution in [2.45, 2.75) is 26.7 Å². The largest absolute Gasteiger partial charge is 0.464 e. The van der Waals surface area contributed by atoms with Gasteiger partial charge in [-0.1, -0.05) is 11.3 Å². The first-order valence-corrected chi connectivity index (χ1v) is 9.32. The van der Waals surface area contributed by atoms with E-state index in [9.17, 15) is 9.59 Å². The highest BCUT2D eigenvalue weighted by Crippen LogP contribution is 2.28. The molecule has 1 aromatic rings. The number of aromatic nitrogens is 1. The lowest BCUT2D eigenvalue weighted by Gasteiger charge is -2.32. The molecular formula is C16H25N5O4S. The van der Waals surface area contributed by atoms with Crippen molar-refractivity contribution in [2.24, 2.45) is 22.4 Å². The first-order chi connectivity index (χ1) is 12.4. The van der Waals surface area contributed by atoms with Crippen LogP contribution in [0, 0.1) is 12.8 Å². The minimum Gasteiger partial charge on any atom is -0.464 e. The molecule has 2 rings (SSSR count). The van der Waals surface area contributed by atoms with E-state index >= 15 is 0 Å². The van der Waals surface area contributed by atoms with Gasteiger partial charge in [0.05, 0.1) is 18.9 Å². The Morgan fingerprint density at radius 1 is 1.42 bits per heavy atom. The number of amides is 1. The van der Waals surface area contributed by atoms with Crippen LogP contribution in [0.5, 0.6) is 0 Å². The molecule has 0 saturated carbocycles. The summed E-state index contributed by atoms with van der Waals surface area (Å²) in [7, 11) is 0. The van der Waals surface area contributed by atoms with Crippen molar-refractivity contribution in [1.82, 2.24) is 9.88 Å². The fourth-order valence-corrected chi connectivity index (χ4v) is 3.71. The van der Waals surface area contributed by atoms with Crippen LogP contribution in [-0.4, -0.2) is 60.6 Å². The van der Waals surface area contributed by atoms with Crippen LogP contribution in [0.2, 0.25) is 0 Å². The van der Waals surface area contributed by atoms with E-state index in [-0.39, 0.29) is 30.4 Å². The molecule has 1 atom stereocenters. The van der Waals surface area contributed by atoms with Crippen LogP contribution >= 0.6 is 11.3 Å². The van der Waals surface area contributed by atoms with E-state index in [1.165, 1.54) is 11.3 Å². The maximum absolute atomic E-state index is 12.8. The van der Waals surface area contributed by atoms with Crippen LogP contribution < -0.4 is 11.5 Å². The topological polar surface area (TPSA) is 133 Å². The van der Waals surface area contributed by atoms with Gasteiger partial charge in [0, 0.05) is 13.1 Å². The van der Waals surface area contributed by atoms with Crippen LogP contribution in [-0.2, 0) is 14.3 Å². The van der Waals surface area contributed by atoms with Crippen LogP contribution in [0.4, 0.5) is 5.13 Å². The van der Waals surface area contributed by atoms with Crippen LogP contribution in [0.15, 0.2) is 4.99 Å². The van der Waals surface area contributed by atoms with Crippen LogP contribution in [0.25, 0.3) is 0 Å². The number of ether oxygens (including phenoxy) is 2. The molecule has 0 aliphatic carbocycles. The molecule has 4 N–H and O–H groups in total. The van der Waals surface area contributed by atoms with Crippen molar-refractivity contribution in [3.8, 4) is 0 Å². The molecule has 9 nitrogen and oxygen atoms in total. The number of aliphatic imine (C=N–C) groups is 1. The minimum absolute atomic E-state index is 0.0614. The fraction of sp³-hybridized carbons (Fsp3) is 0.625. The van der Waals surface area contributed by atoms with E-state index in [1.54, 1.807) is 18.7 Å². The molecule has 1 aliphatic rings. The Balaban J connectivity index is 1.92. The van der Waals surface area contributed by atoms with Crippen molar-refractivity contribution in [2.75, 3.05) is 32.9 Å². The Morgan fingerprint density at radius 2 is 2.19 bits per heavy atom. The van der Waals surface area contributed by atoms with Crippen molar-refractivity contribution in [3.05, 3.63) is 10.6 Å². The second-order valence-electron chi connectivity index (χ2n) is 6.03. The molecule has 0 unspecified atom stereocenters. The van der Waals surface area contributed by atoms with Gasteiger partial charge in [0.25, 0.3) is 5.91 Å². The molecule has 26 heavy (non-hydrogen) atoms. The highest BCUT2D eigenvalue weighted by Gasteiger charge is 2.27. The second kappa shape index (κ2) is 9.48. The molecule has 144 valence electrons. The van der Waals surface area contributed by atoms with E-state index in [0.29, 0.717) is 42.0 Å². The molecule has 1 fully saturated rings. The first kappa shape index (κ1) is 20.1. The lowest BCUT2D eigenvalue weighted by molar-refractivity contribution is -0.149. The molecular weight excluding hydrogens is 358 g/mol. The molecule has 1 amide bonds. The van der Waals surface area contributed by atoms with Crippen molar-refractivity contribution >= 4 is 34.3 Å². The quantitative estimate of drug-likeness (QED) is 0.404. The van der Waals surface area contributed by atoms with Gasteiger partial charge < -0.3 is 25.8 Å². The number of nitrogens with two attached hydrogens (primary N) is 2. The van der Waals surface area contributed by atoms with Gasteiger partial charge >= 0.3 is 5.97 Å². The standard InChI is InChI=1S/C16H25N5O4S/c1-3-25-12(22)9-24-8-11-5-4-6-21(7-11)14(23)13-10(2)19-16(26-13)20-15(17)18/h11H,3-9H2,1-2H3,(H4,17,18,19,20)/t11-/m1/s1. The molecule has 10 heteroatoms. The summed E-state index contributed by atoms with van der Waals surface area (Å²) in [6, 6.07) is 0. The van der Waals surface area contributed by atoms with Crippen molar-refractivity contribution in [3.63, 3.8) is 0 Å². The zero-order chi connectivity index (χ0) is 19.1. The Labute approximate surface area is 156 Å². The Morgan fingerprint density at radius 3 is 2.88 bits per heavy atom. The second-order valence-corrected chi connectivity index (χ2v) is 7.00. The third kappa shape index (κ3) is 5.67. The normalized spacial score (nSPS) is 17.0. The summed E-state index contributed by atoms with van der Waals surface area (Å²) in [6.07, 6.45) is 1.84. The average molecular weight is 383 g/mol. The van der Waals surface area contributed by atoms with E-state index < -0.39 is 0 Å². The third-order valence-electron chi connectivity index (χ3n) is 3.89. The molecule has 2 heterocycles. The van der Waals surface area contributed by atoms with Gasteiger partial charge in [-0.2, -0.15) is 4.99 Å². The highest BCUT2D eigenvalue weighted by molar-refractivity contribution is 7.17. The van der Waals surface area contributed by atoms with Crippen LogP contribution in [0.3, 0.4) is 0 Å². The molecule has 1 saturated heterocycles. The van der Waals surface area contributed by atoms with Gasteiger partial charge in [0.1, 0.15) is 11.5 Å². The Bertz CT molecular complexity index is 672. The number of esters is 1. The molecule has 1 aromatic heterocycles. The number of rotatable bonds is 7. The number of carbonyl (C=O) groups is 2. The monoisotopic (exact) mass is 383 g/mol. The number of carbonyl (C=O) groups excluding carboxylic acids is 2. The average Bonchev–Trinajstić information content (AvgIpc) is 2.94. The molecule has 0 aromatic carbocycles. The zero-order valence-corrected chi connectivity index (χ0v) is 15.9. The van der Waals surface area contributed by atoms with Gasteiger partial charge in [-0.05, 0) is 32.6 Å². The van der Waals surface area contributed by atoms with Crippen molar-refractivity contribution in [1.29, 1.82) is 0 Å². The van der Waals surface area contributed by atoms with Gasteiger partial charge in [0.15, 0.2) is 5.96 Å². The summed E-state index contributed by atoms with van der Waals surface area (Å²) >= 11 is 1.18. The summed E-state index contributed by atoms with van der Waals surface area (Å²) in [5, 5.41) is 0.372. The number of likely N-dealkylation sites (tertiary alicyclic amines) is 1. The Kier molecular flexibility index (Phi) is 7.34. The number of nitrogens with zero attached hydrogens (tertiary/aromatic N) is 3. The summed E-state index contributed by atoms with van der Waals surface area (Å²) in [5.74, 6) is -0.349. The van der Waals surface area contributed by atoms with E-state index in [4.69, 9.17) is 20.9 Å². The molecule has 0 spiro atoms. The molecule has 1 aliphatic heterocycles. The zero-order valence-electron chi connectivity index (χ0n) is 15.1. The lowest BCUT2D eigenvalue weighted by Crippen LogP contribution is -2.41. The molecule has 0 radical (unpaired) electrons. The van der Waals surface area contributed by atoms with Gasteiger partial charge in [-0.3, -0.25) is 4.79 Å². The number of hydrogen-bond donors (Lipinski definition) is 2. The first-order valence-electron chi connectivity index (χ1n) is 8.50. The van der Waals surface area contributed by atoms with Crippen LogP contribution in [0.1, 0.15) is 35.1 Å². The number of hydrogen-bond acceptors (Lipinski definition) is 7. The maximum atomic E-state index is 12.8. The van der Waals surface area contributed by atoms with Crippen molar-refractivity contribution < 1.29 is 19.1 Å². The summed E-state index contributed by atoms with van der Waals surface area (Å²) in [5.41, 5.74) is 11.3. The number of piperidine rings is 1. The predicted octanol–water partition coefficient (Wildman–Crippen LogP) is 0.788. The Hall–Kier alpha value is -2.20. The van der Waals surface area contributed by atoms with Gasteiger partial charge in [-0.15, -0.1) is 0 Å². The van der Waals surface area contributed by atoms with E-state index in [0.717, 1.165) is 12.8 Å². The smallest absolute Gasteiger partial charge is 0.332 e. The SMILES string of the molecule is CCOC(=O)COC[C@@H]1CCCN(C(=O)c2sc(N=C(N)N)nc2C)C1. The summed E-state index contributed by atoms with van der Waals surface area (Å²) < 4.78 is 10.3. The van der Waals surface area contributed by atoms with E-state index in [2.05, 4.69) is 9.98 Å². The summed E-state index contributed by atoms with van der Waals surface area (Å²) in [4.78, 5) is 34.6. The molecule has 0 bridgehead atoms. The van der Waals surface area contributed by atoms with E-state index in [1.807, 2.05) is 0 Å². The lowest BCUT2D eigenvalue weighted by atomic mass is 9.99. The van der Waals surface area contributed by atoms with Gasteiger partial charge in [-0.25, -0.2) is 9.78 Å². The van der Waals surface area contributed by atoms with Gasteiger partial charge in [0.2, 0.25) is 5.13 Å².